The summed E-state index contributed by atoms with van der Waals surface area (Å²) in [6, 6.07) is 1.73. The minimum atomic E-state index is -0.0281. The van der Waals surface area contributed by atoms with Gasteiger partial charge in [-0.1, -0.05) is 5.16 Å². The van der Waals surface area contributed by atoms with Crippen molar-refractivity contribution >= 4 is 5.91 Å². The minimum absolute atomic E-state index is 0.0281. The maximum Gasteiger partial charge on any atom is 0.292 e. The van der Waals surface area contributed by atoms with Crippen LogP contribution in [-0.2, 0) is 4.74 Å². The molecule has 0 aromatic carbocycles. The maximum absolute atomic E-state index is 12.6. The van der Waals surface area contributed by atoms with Crippen LogP contribution in [0, 0.1) is 24.2 Å². The number of aromatic nitrogens is 1. The van der Waals surface area contributed by atoms with E-state index in [2.05, 4.69) is 17.1 Å². The topological polar surface area (TPSA) is 58.8 Å². The van der Waals surface area contributed by atoms with Gasteiger partial charge in [0.15, 0.2) is 0 Å². The van der Waals surface area contributed by atoms with Crippen molar-refractivity contribution in [1.82, 2.24) is 15.0 Å². The van der Waals surface area contributed by atoms with E-state index in [1.807, 2.05) is 11.8 Å². The highest BCUT2D eigenvalue weighted by Gasteiger charge is 2.50. The van der Waals surface area contributed by atoms with Gasteiger partial charge in [0.05, 0.1) is 12.3 Å². The third-order valence-electron chi connectivity index (χ3n) is 5.86. The van der Waals surface area contributed by atoms with E-state index in [1.165, 1.54) is 12.8 Å². The molecule has 1 saturated carbocycles. The standard InChI is InChI=1S/C18H27N3O3/c1-13-7-16(24-19-13)17(22)21-6-5-18(12-21)11-20(2)8-15(18)10-23-9-14-3-4-14/h7,14-15H,3-6,8-12H2,1-2H3/t15-,18+/m1/s1. The number of likely N-dealkylation sites (tertiary alicyclic amines) is 2. The molecular formula is C18H27N3O3. The summed E-state index contributed by atoms with van der Waals surface area (Å²) >= 11 is 0. The van der Waals surface area contributed by atoms with E-state index < -0.39 is 0 Å². The summed E-state index contributed by atoms with van der Waals surface area (Å²) in [4.78, 5) is 17.0. The third-order valence-corrected chi connectivity index (χ3v) is 5.86. The number of carbonyl (C=O) groups excluding carboxylic acids is 1. The highest BCUT2D eigenvalue weighted by Crippen LogP contribution is 2.44. The molecule has 2 atom stereocenters. The van der Waals surface area contributed by atoms with E-state index in [-0.39, 0.29) is 11.3 Å². The van der Waals surface area contributed by atoms with E-state index in [9.17, 15) is 4.79 Å². The molecule has 1 aliphatic carbocycles. The predicted molar refractivity (Wildman–Crippen MR) is 88.7 cm³/mol. The average molecular weight is 333 g/mol. The number of ether oxygens (including phenoxy) is 1. The molecule has 0 unspecified atom stereocenters. The van der Waals surface area contributed by atoms with Crippen molar-refractivity contribution < 1.29 is 14.1 Å². The zero-order valence-corrected chi connectivity index (χ0v) is 14.7. The molecule has 0 radical (unpaired) electrons. The van der Waals surface area contributed by atoms with Crippen molar-refractivity contribution in [2.45, 2.75) is 26.2 Å². The fraction of sp³-hybridized carbons (Fsp3) is 0.778. The highest BCUT2D eigenvalue weighted by atomic mass is 16.5. The first-order valence-corrected chi connectivity index (χ1v) is 9.05. The molecule has 6 heteroatoms. The fourth-order valence-corrected chi connectivity index (χ4v) is 4.34. The van der Waals surface area contributed by atoms with Crippen molar-refractivity contribution in [1.29, 1.82) is 0 Å². The molecule has 2 saturated heterocycles. The zero-order valence-electron chi connectivity index (χ0n) is 14.7. The molecule has 24 heavy (non-hydrogen) atoms. The molecule has 132 valence electrons. The first kappa shape index (κ1) is 16.1. The maximum atomic E-state index is 12.6. The minimum Gasteiger partial charge on any atom is -0.381 e. The lowest BCUT2D eigenvalue weighted by Crippen LogP contribution is -2.38. The van der Waals surface area contributed by atoms with E-state index >= 15 is 0 Å². The molecule has 1 amide bonds. The molecule has 4 rings (SSSR count). The number of nitrogens with zero attached hydrogens (tertiary/aromatic N) is 3. The van der Waals surface area contributed by atoms with Gasteiger partial charge in [0, 0.05) is 50.2 Å². The molecule has 3 aliphatic rings. The van der Waals surface area contributed by atoms with Gasteiger partial charge in [0.25, 0.3) is 5.91 Å². The molecule has 3 heterocycles. The van der Waals surface area contributed by atoms with Gasteiger partial charge in [-0.05, 0) is 39.2 Å². The smallest absolute Gasteiger partial charge is 0.292 e. The molecular weight excluding hydrogens is 306 g/mol. The fourth-order valence-electron chi connectivity index (χ4n) is 4.34. The van der Waals surface area contributed by atoms with Gasteiger partial charge in [-0.15, -0.1) is 0 Å². The van der Waals surface area contributed by atoms with Crippen LogP contribution < -0.4 is 0 Å². The first-order valence-electron chi connectivity index (χ1n) is 9.05. The summed E-state index contributed by atoms with van der Waals surface area (Å²) in [5.74, 6) is 1.64. The molecule has 6 nitrogen and oxygen atoms in total. The summed E-state index contributed by atoms with van der Waals surface area (Å²) in [5.41, 5.74) is 0.919. The average Bonchev–Trinajstić information content (AvgIpc) is 2.98. The zero-order chi connectivity index (χ0) is 16.7. The molecule has 2 aliphatic heterocycles. The Bertz CT molecular complexity index is 612. The van der Waals surface area contributed by atoms with Gasteiger partial charge in [0.1, 0.15) is 0 Å². The third kappa shape index (κ3) is 3.09. The Kier molecular flexibility index (Phi) is 4.12. The van der Waals surface area contributed by atoms with Gasteiger partial charge in [0.2, 0.25) is 5.76 Å². The highest BCUT2D eigenvalue weighted by molar-refractivity contribution is 5.91. The van der Waals surface area contributed by atoms with Crippen LogP contribution in [0.25, 0.3) is 0 Å². The van der Waals surface area contributed by atoms with Crippen LogP contribution in [0.3, 0.4) is 0 Å². The lowest BCUT2D eigenvalue weighted by molar-refractivity contribution is 0.0520. The van der Waals surface area contributed by atoms with Crippen LogP contribution in [0.2, 0.25) is 0 Å². The van der Waals surface area contributed by atoms with E-state index in [0.29, 0.717) is 11.7 Å². The summed E-state index contributed by atoms with van der Waals surface area (Å²) in [7, 11) is 2.17. The van der Waals surface area contributed by atoms with Crippen LogP contribution >= 0.6 is 0 Å². The molecule has 0 bridgehead atoms. The van der Waals surface area contributed by atoms with E-state index in [0.717, 1.165) is 57.4 Å². The van der Waals surface area contributed by atoms with Gasteiger partial charge in [-0.25, -0.2) is 0 Å². The second-order valence-electron chi connectivity index (χ2n) is 8.05. The summed E-state index contributed by atoms with van der Waals surface area (Å²) in [5, 5.41) is 3.84. The number of aryl methyl sites for hydroxylation is 1. The predicted octanol–water partition coefficient (Wildman–Crippen LogP) is 1.80. The Morgan fingerprint density at radius 1 is 1.42 bits per heavy atom. The lowest BCUT2D eigenvalue weighted by Gasteiger charge is -2.30. The number of rotatable bonds is 5. The molecule has 1 spiro atoms. The Morgan fingerprint density at radius 2 is 2.25 bits per heavy atom. The lowest BCUT2D eigenvalue weighted by atomic mass is 9.77. The number of carbonyl (C=O) groups is 1. The van der Waals surface area contributed by atoms with Crippen molar-refractivity contribution in [2.24, 2.45) is 17.3 Å². The van der Waals surface area contributed by atoms with Crippen molar-refractivity contribution in [3.8, 4) is 0 Å². The molecule has 1 aromatic rings. The SMILES string of the molecule is Cc1cc(C(=O)N2CC[C@]3(CN(C)C[C@@H]3COCC3CC3)C2)on1. The quantitative estimate of drug-likeness (QED) is 0.822. The van der Waals surface area contributed by atoms with Gasteiger partial charge in [-0.2, -0.15) is 0 Å². The van der Waals surface area contributed by atoms with Gasteiger partial charge in [-0.3, -0.25) is 4.79 Å². The van der Waals surface area contributed by atoms with Crippen LogP contribution in [0.5, 0.6) is 0 Å². The summed E-state index contributed by atoms with van der Waals surface area (Å²) < 4.78 is 11.2. The number of amides is 1. The van der Waals surface area contributed by atoms with E-state index in [1.54, 1.807) is 6.07 Å². The van der Waals surface area contributed by atoms with Crippen molar-refractivity contribution in [2.75, 3.05) is 46.4 Å². The number of hydrogen-bond donors (Lipinski definition) is 0. The Morgan fingerprint density at radius 3 is 2.96 bits per heavy atom. The Hall–Kier alpha value is -1.40. The van der Waals surface area contributed by atoms with Crippen LogP contribution in [0.4, 0.5) is 0 Å². The van der Waals surface area contributed by atoms with Crippen LogP contribution in [-0.4, -0.2) is 67.3 Å². The Balaban J connectivity index is 1.41. The molecule has 0 N–H and O–H groups in total. The van der Waals surface area contributed by atoms with E-state index in [4.69, 9.17) is 9.26 Å². The Labute approximate surface area is 143 Å². The van der Waals surface area contributed by atoms with Gasteiger partial charge < -0.3 is 19.1 Å². The van der Waals surface area contributed by atoms with Crippen LogP contribution in [0.1, 0.15) is 35.5 Å². The van der Waals surface area contributed by atoms with Gasteiger partial charge >= 0.3 is 0 Å². The second-order valence-corrected chi connectivity index (χ2v) is 8.05. The number of hydrogen-bond acceptors (Lipinski definition) is 5. The normalized spacial score (nSPS) is 30.6. The van der Waals surface area contributed by atoms with Crippen molar-refractivity contribution in [3.05, 3.63) is 17.5 Å². The molecule has 1 aromatic heterocycles. The molecule has 3 fully saturated rings. The van der Waals surface area contributed by atoms with Crippen LogP contribution in [0.15, 0.2) is 10.6 Å². The largest absolute Gasteiger partial charge is 0.381 e. The monoisotopic (exact) mass is 333 g/mol. The van der Waals surface area contributed by atoms with Crippen molar-refractivity contribution in [3.63, 3.8) is 0 Å². The second kappa shape index (κ2) is 6.15. The summed E-state index contributed by atoms with van der Waals surface area (Å²) in [6.45, 7) is 7.28. The first-order chi connectivity index (χ1) is 11.6. The summed E-state index contributed by atoms with van der Waals surface area (Å²) in [6.07, 6.45) is 3.71.